The summed E-state index contributed by atoms with van der Waals surface area (Å²) in [7, 11) is -3.32. The summed E-state index contributed by atoms with van der Waals surface area (Å²) in [5, 5.41) is 11.7. The number of carbonyl (C=O) groups excluding carboxylic acids is 1. The summed E-state index contributed by atoms with van der Waals surface area (Å²) in [5.41, 5.74) is 0.679. The van der Waals surface area contributed by atoms with Crippen LogP contribution in [0.3, 0.4) is 0 Å². The molecule has 1 aliphatic rings. The third kappa shape index (κ3) is 4.25. The number of hydrogen-bond acceptors (Lipinski definition) is 4. The van der Waals surface area contributed by atoms with Crippen LogP contribution in [0.1, 0.15) is 43.0 Å². The zero-order valence-electron chi connectivity index (χ0n) is 13.6. The van der Waals surface area contributed by atoms with Gasteiger partial charge in [-0.2, -0.15) is 0 Å². The number of aliphatic carboxylic acids is 1. The first kappa shape index (κ1) is 18.3. The molecule has 0 unspecified atom stereocenters. The third-order valence-corrected chi connectivity index (χ3v) is 5.81. The number of anilines is 1. The Kier molecular flexibility index (Phi) is 5.82. The molecule has 0 saturated carbocycles. The molecule has 1 heterocycles. The molecule has 1 aromatic rings. The fraction of sp³-hybridized carbons (Fsp3) is 0.500. The normalized spacial score (nSPS) is 17.5. The number of unbranched alkanes of at least 4 members (excludes halogenated alkanes) is 1. The molecule has 1 atom stereocenters. The first-order valence-electron chi connectivity index (χ1n) is 7.99. The van der Waals surface area contributed by atoms with Crippen molar-refractivity contribution < 1.29 is 23.1 Å². The second-order valence-corrected chi connectivity index (χ2v) is 7.81. The van der Waals surface area contributed by atoms with E-state index in [1.807, 2.05) is 6.92 Å². The highest BCUT2D eigenvalue weighted by Gasteiger charge is 2.29. The van der Waals surface area contributed by atoms with Gasteiger partial charge >= 0.3 is 5.97 Å². The van der Waals surface area contributed by atoms with Crippen molar-refractivity contribution in [3.8, 4) is 0 Å². The summed E-state index contributed by atoms with van der Waals surface area (Å²) in [4.78, 5) is 23.5. The Morgan fingerprint density at radius 2 is 2.12 bits per heavy atom. The summed E-state index contributed by atoms with van der Waals surface area (Å²) in [6.45, 7) is 2.34. The summed E-state index contributed by atoms with van der Waals surface area (Å²) in [6.07, 6.45) is 2.44. The van der Waals surface area contributed by atoms with Crippen LogP contribution in [-0.2, 0) is 14.8 Å². The molecule has 0 aliphatic carbocycles. The molecule has 24 heavy (non-hydrogen) atoms. The maximum Gasteiger partial charge on any atom is 0.326 e. The van der Waals surface area contributed by atoms with Gasteiger partial charge in [-0.25, -0.2) is 13.2 Å². The Morgan fingerprint density at radius 1 is 1.38 bits per heavy atom. The number of carboxylic acid groups (broad SMARTS) is 1. The molecule has 2 rings (SSSR count). The SMILES string of the molecule is CCCC[C@H](NC(=O)c1cccc(N2CCCS2(=O)=O)c1)C(=O)O. The van der Waals surface area contributed by atoms with Gasteiger partial charge in [0.05, 0.1) is 11.4 Å². The summed E-state index contributed by atoms with van der Waals surface area (Å²) < 4.78 is 25.2. The topological polar surface area (TPSA) is 104 Å². The number of rotatable bonds is 7. The Bertz CT molecular complexity index is 717. The van der Waals surface area contributed by atoms with E-state index in [1.54, 1.807) is 18.2 Å². The van der Waals surface area contributed by atoms with Crippen molar-refractivity contribution in [2.75, 3.05) is 16.6 Å². The number of nitrogens with one attached hydrogen (secondary N) is 1. The van der Waals surface area contributed by atoms with Crippen LogP contribution < -0.4 is 9.62 Å². The molecule has 0 bridgehead atoms. The standard InChI is InChI=1S/C16H22N2O5S/c1-2-3-8-14(16(20)21)17-15(19)12-6-4-7-13(11-12)18-9-5-10-24(18,22)23/h4,6-7,11,14H,2-3,5,8-10H2,1H3,(H,17,19)(H,20,21)/t14-/m0/s1. The third-order valence-electron chi connectivity index (χ3n) is 3.95. The van der Waals surface area contributed by atoms with Crippen LogP contribution in [0.2, 0.25) is 0 Å². The van der Waals surface area contributed by atoms with Crippen molar-refractivity contribution in [2.45, 2.75) is 38.6 Å². The van der Waals surface area contributed by atoms with Gasteiger partial charge in [0.2, 0.25) is 10.0 Å². The van der Waals surface area contributed by atoms with Gasteiger partial charge in [0.1, 0.15) is 6.04 Å². The summed E-state index contributed by atoms with van der Waals surface area (Å²) >= 11 is 0. The lowest BCUT2D eigenvalue weighted by Crippen LogP contribution is -2.40. The maximum atomic E-state index is 12.3. The zero-order chi connectivity index (χ0) is 17.7. The number of sulfonamides is 1. The van der Waals surface area contributed by atoms with E-state index in [4.69, 9.17) is 0 Å². The van der Waals surface area contributed by atoms with Crippen molar-refractivity contribution in [3.05, 3.63) is 29.8 Å². The van der Waals surface area contributed by atoms with E-state index in [1.165, 1.54) is 10.4 Å². The Hall–Kier alpha value is -2.09. The first-order chi connectivity index (χ1) is 11.3. The quantitative estimate of drug-likeness (QED) is 0.774. The van der Waals surface area contributed by atoms with Gasteiger partial charge in [0, 0.05) is 12.1 Å². The van der Waals surface area contributed by atoms with Crippen molar-refractivity contribution in [2.24, 2.45) is 0 Å². The Morgan fingerprint density at radius 3 is 2.71 bits per heavy atom. The van der Waals surface area contributed by atoms with Crippen LogP contribution in [0, 0.1) is 0 Å². The number of benzene rings is 1. The largest absolute Gasteiger partial charge is 0.480 e. The number of hydrogen-bond donors (Lipinski definition) is 2. The molecule has 8 heteroatoms. The van der Waals surface area contributed by atoms with E-state index in [9.17, 15) is 23.1 Å². The minimum atomic E-state index is -3.32. The molecular weight excluding hydrogens is 332 g/mol. The monoisotopic (exact) mass is 354 g/mol. The minimum Gasteiger partial charge on any atom is -0.480 e. The average Bonchev–Trinajstić information content (AvgIpc) is 2.90. The Balaban J connectivity index is 2.15. The molecule has 0 radical (unpaired) electrons. The number of carboxylic acids is 1. The van der Waals surface area contributed by atoms with E-state index >= 15 is 0 Å². The highest BCUT2D eigenvalue weighted by Crippen LogP contribution is 2.24. The van der Waals surface area contributed by atoms with Crippen molar-refractivity contribution >= 4 is 27.6 Å². The molecule has 1 aromatic carbocycles. The Labute approximate surface area is 141 Å². The van der Waals surface area contributed by atoms with Crippen LogP contribution in [0.15, 0.2) is 24.3 Å². The summed E-state index contributed by atoms with van der Waals surface area (Å²) in [5.74, 6) is -1.49. The lowest BCUT2D eigenvalue weighted by Gasteiger charge is -2.18. The van der Waals surface area contributed by atoms with Crippen molar-refractivity contribution in [1.29, 1.82) is 0 Å². The predicted molar refractivity (Wildman–Crippen MR) is 90.6 cm³/mol. The van der Waals surface area contributed by atoms with E-state index < -0.39 is 27.9 Å². The average molecular weight is 354 g/mol. The lowest BCUT2D eigenvalue weighted by atomic mass is 10.1. The molecule has 1 fully saturated rings. The molecule has 132 valence electrons. The molecule has 2 N–H and O–H groups in total. The lowest BCUT2D eigenvalue weighted by molar-refractivity contribution is -0.139. The van der Waals surface area contributed by atoms with Gasteiger partial charge < -0.3 is 10.4 Å². The minimum absolute atomic E-state index is 0.0987. The second kappa shape index (κ2) is 7.65. The molecule has 7 nitrogen and oxygen atoms in total. The van der Waals surface area contributed by atoms with E-state index in [0.29, 0.717) is 31.5 Å². The fourth-order valence-electron chi connectivity index (χ4n) is 2.64. The molecule has 1 saturated heterocycles. The number of amides is 1. The molecular formula is C16H22N2O5S. The van der Waals surface area contributed by atoms with Crippen LogP contribution in [0.4, 0.5) is 5.69 Å². The maximum absolute atomic E-state index is 12.3. The van der Waals surface area contributed by atoms with Gasteiger partial charge in [-0.05, 0) is 31.0 Å². The second-order valence-electron chi connectivity index (χ2n) is 5.80. The zero-order valence-corrected chi connectivity index (χ0v) is 14.4. The molecule has 1 aliphatic heterocycles. The van der Waals surface area contributed by atoms with E-state index in [-0.39, 0.29) is 11.3 Å². The van der Waals surface area contributed by atoms with Gasteiger partial charge in [-0.1, -0.05) is 25.8 Å². The fourth-order valence-corrected chi connectivity index (χ4v) is 4.20. The molecule has 1 amide bonds. The summed E-state index contributed by atoms with van der Waals surface area (Å²) in [6, 6.07) is 5.30. The van der Waals surface area contributed by atoms with E-state index in [2.05, 4.69) is 5.32 Å². The number of carbonyl (C=O) groups is 2. The van der Waals surface area contributed by atoms with Gasteiger partial charge in [0.15, 0.2) is 0 Å². The highest BCUT2D eigenvalue weighted by molar-refractivity contribution is 7.93. The van der Waals surface area contributed by atoms with Gasteiger partial charge in [-0.15, -0.1) is 0 Å². The first-order valence-corrected chi connectivity index (χ1v) is 9.60. The van der Waals surface area contributed by atoms with Crippen LogP contribution >= 0.6 is 0 Å². The van der Waals surface area contributed by atoms with Crippen LogP contribution in [0.5, 0.6) is 0 Å². The highest BCUT2D eigenvalue weighted by atomic mass is 32.2. The smallest absolute Gasteiger partial charge is 0.326 e. The predicted octanol–water partition coefficient (Wildman–Crippen LogP) is 1.60. The molecule has 0 spiro atoms. The molecule has 0 aromatic heterocycles. The van der Waals surface area contributed by atoms with E-state index in [0.717, 1.165) is 6.42 Å². The van der Waals surface area contributed by atoms with Crippen LogP contribution in [0.25, 0.3) is 0 Å². The van der Waals surface area contributed by atoms with Gasteiger partial charge in [-0.3, -0.25) is 9.10 Å². The van der Waals surface area contributed by atoms with Crippen molar-refractivity contribution in [1.82, 2.24) is 5.32 Å². The number of nitrogens with zero attached hydrogens (tertiary/aromatic N) is 1. The van der Waals surface area contributed by atoms with Crippen molar-refractivity contribution in [3.63, 3.8) is 0 Å². The van der Waals surface area contributed by atoms with Crippen LogP contribution in [-0.4, -0.2) is 43.7 Å². The van der Waals surface area contributed by atoms with Gasteiger partial charge in [0.25, 0.3) is 5.91 Å².